The van der Waals surface area contributed by atoms with Crippen LogP contribution in [-0.2, 0) is 9.53 Å². The van der Waals surface area contributed by atoms with Crippen LogP contribution in [0.1, 0.15) is 32.1 Å². The molecule has 19 heavy (non-hydrogen) atoms. The van der Waals surface area contributed by atoms with E-state index in [9.17, 15) is 9.59 Å². The molecule has 6 nitrogen and oxygen atoms in total. The predicted molar refractivity (Wildman–Crippen MR) is 71.0 cm³/mol. The number of carboxylic acid groups (broad SMARTS) is 1. The number of nitrogens with one attached hydrogen (secondary N) is 1. The molecule has 0 aliphatic heterocycles. The smallest absolute Gasteiger partial charge is 0.326 e. The van der Waals surface area contributed by atoms with Crippen molar-refractivity contribution in [2.75, 3.05) is 27.3 Å². The first-order chi connectivity index (χ1) is 9.04. The quantitative estimate of drug-likeness (QED) is 0.653. The third-order valence-corrected chi connectivity index (χ3v) is 3.54. The first kappa shape index (κ1) is 15.8. The molecule has 0 saturated heterocycles. The third-order valence-electron chi connectivity index (χ3n) is 3.54. The molecule has 6 heteroatoms. The lowest BCUT2D eigenvalue weighted by Gasteiger charge is -2.30. The Morgan fingerprint density at radius 1 is 1.47 bits per heavy atom. The lowest BCUT2D eigenvalue weighted by molar-refractivity contribution is -0.139. The van der Waals surface area contributed by atoms with Gasteiger partial charge in [-0.15, -0.1) is 0 Å². The van der Waals surface area contributed by atoms with Crippen molar-refractivity contribution in [1.82, 2.24) is 10.2 Å². The van der Waals surface area contributed by atoms with Crippen LogP contribution >= 0.6 is 0 Å². The Bertz CT molecular complexity index is 305. The van der Waals surface area contributed by atoms with Crippen molar-refractivity contribution in [3.05, 3.63) is 0 Å². The van der Waals surface area contributed by atoms with E-state index in [2.05, 4.69) is 5.32 Å². The fourth-order valence-corrected chi connectivity index (χ4v) is 2.09. The van der Waals surface area contributed by atoms with E-state index in [1.54, 1.807) is 19.1 Å². The molecule has 1 fully saturated rings. The van der Waals surface area contributed by atoms with Gasteiger partial charge in [0.15, 0.2) is 0 Å². The fraction of sp³-hybridized carbons (Fsp3) is 0.846. The van der Waals surface area contributed by atoms with Gasteiger partial charge in [0.1, 0.15) is 6.04 Å². The second-order valence-corrected chi connectivity index (χ2v) is 5.15. The number of amides is 2. The highest BCUT2D eigenvalue weighted by atomic mass is 16.5. The maximum absolute atomic E-state index is 11.9. The molecule has 1 saturated carbocycles. The molecule has 0 radical (unpaired) electrons. The van der Waals surface area contributed by atoms with Crippen LogP contribution in [0.15, 0.2) is 0 Å². The number of methoxy groups -OCH3 is 1. The third kappa shape index (κ3) is 5.46. The first-order valence-electron chi connectivity index (χ1n) is 6.78. The summed E-state index contributed by atoms with van der Waals surface area (Å²) in [5.74, 6) is -0.422. The monoisotopic (exact) mass is 272 g/mol. The van der Waals surface area contributed by atoms with E-state index in [-0.39, 0.29) is 6.03 Å². The topological polar surface area (TPSA) is 78.9 Å². The van der Waals surface area contributed by atoms with Crippen LogP contribution < -0.4 is 5.32 Å². The summed E-state index contributed by atoms with van der Waals surface area (Å²) in [6.45, 7) is 1.20. The van der Waals surface area contributed by atoms with Crippen molar-refractivity contribution in [3.8, 4) is 0 Å². The van der Waals surface area contributed by atoms with Crippen molar-refractivity contribution < 1.29 is 19.4 Å². The number of carbonyl (C=O) groups is 2. The molecule has 1 aliphatic rings. The summed E-state index contributed by atoms with van der Waals surface area (Å²) in [5.41, 5.74) is 0. The minimum Gasteiger partial charge on any atom is -0.480 e. The molecule has 0 bridgehead atoms. The largest absolute Gasteiger partial charge is 0.480 e. The number of hydrogen-bond acceptors (Lipinski definition) is 3. The summed E-state index contributed by atoms with van der Waals surface area (Å²) in [5, 5.41) is 11.6. The average Bonchev–Trinajstić information content (AvgIpc) is 2.32. The predicted octanol–water partition coefficient (Wildman–Crippen LogP) is 1.31. The molecule has 1 atom stereocenters. The van der Waals surface area contributed by atoms with Gasteiger partial charge in [-0.2, -0.15) is 0 Å². The van der Waals surface area contributed by atoms with E-state index >= 15 is 0 Å². The number of hydrogen-bond donors (Lipinski definition) is 2. The summed E-state index contributed by atoms with van der Waals surface area (Å²) in [6, 6.07) is -1.15. The number of ether oxygens (including phenoxy) is 1. The Hall–Kier alpha value is -1.30. The van der Waals surface area contributed by atoms with Gasteiger partial charge in [-0.25, -0.2) is 9.59 Å². The van der Waals surface area contributed by atoms with Gasteiger partial charge in [0, 0.05) is 27.3 Å². The Kier molecular flexibility index (Phi) is 6.62. The maximum Gasteiger partial charge on any atom is 0.326 e. The number of carboxylic acids is 1. The van der Waals surface area contributed by atoms with Crippen LogP contribution in [-0.4, -0.2) is 55.4 Å². The van der Waals surface area contributed by atoms with Gasteiger partial charge in [0.05, 0.1) is 0 Å². The Labute approximate surface area is 114 Å². The number of urea groups is 1. The highest BCUT2D eigenvalue weighted by molar-refractivity contribution is 5.82. The molecule has 0 heterocycles. The van der Waals surface area contributed by atoms with Crippen molar-refractivity contribution >= 4 is 12.0 Å². The van der Waals surface area contributed by atoms with Crippen molar-refractivity contribution in [2.24, 2.45) is 5.92 Å². The SMILES string of the molecule is COCCCC(NC(=O)N(C)CC1CCC1)C(=O)O. The second kappa shape index (κ2) is 7.99. The van der Waals surface area contributed by atoms with Crippen LogP contribution in [0.4, 0.5) is 4.79 Å². The zero-order valence-corrected chi connectivity index (χ0v) is 11.7. The lowest BCUT2D eigenvalue weighted by atomic mass is 9.85. The van der Waals surface area contributed by atoms with Gasteiger partial charge in [-0.05, 0) is 31.6 Å². The van der Waals surface area contributed by atoms with Crippen molar-refractivity contribution in [3.63, 3.8) is 0 Å². The normalized spacial score (nSPS) is 16.5. The molecule has 2 N–H and O–H groups in total. The summed E-state index contributed by atoms with van der Waals surface area (Å²) in [6.07, 6.45) is 4.54. The molecular weight excluding hydrogens is 248 g/mol. The standard InChI is InChI=1S/C13H24N2O4/c1-15(9-10-5-3-6-10)13(18)14-11(12(16)17)7-4-8-19-2/h10-11H,3-9H2,1-2H3,(H,14,18)(H,16,17). The lowest BCUT2D eigenvalue weighted by Crippen LogP contribution is -2.48. The van der Waals surface area contributed by atoms with Crippen LogP contribution in [0.2, 0.25) is 0 Å². The highest BCUT2D eigenvalue weighted by Gasteiger charge is 2.24. The van der Waals surface area contributed by atoms with Crippen LogP contribution in [0, 0.1) is 5.92 Å². The summed E-state index contributed by atoms with van der Waals surface area (Å²) in [7, 11) is 3.28. The summed E-state index contributed by atoms with van der Waals surface area (Å²) < 4.78 is 4.88. The average molecular weight is 272 g/mol. The van der Waals surface area contributed by atoms with Crippen LogP contribution in [0.25, 0.3) is 0 Å². The minimum absolute atomic E-state index is 0.309. The number of carbonyl (C=O) groups excluding carboxylic acids is 1. The molecule has 0 aromatic carbocycles. The van der Waals surface area contributed by atoms with Crippen molar-refractivity contribution in [2.45, 2.75) is 38.1 Å². The first-order valence-corrected chi connectivity index (χ1v) is 6.78. The minimum atomic E-state index is -0.999. The molecule has 0 spiro atoms. The Morgan fingerprint density at radius 2 is 2.16 bits per heavy atom. The van der Waals surface area contributed by atoms with E-state index in [4.69, 9.17) is 9.84 Å². The van der Waals surface area contributed by atoms with Crippen molar-refractivity contribution in [1.29, 1.82) is 0 Å². The molecule has 0 aromatic heterocycles. The number of nitrogens with zero attached hydrogens (tertiary/aromatic N) is 1. The number of rotatable bonds is 8. The van der Waals surface area contributed by atoms with E-state index in [1.165, 1.54) is 6.42 Å². The van der Waals surface area contributed by atoms with Gasteiger partial charge in [0.2, 0.25) is 0 Å². The fourth-order valence-electron chi connectivity index (χ4n) is 2.09. The zero-order chi connectivity index (χ0) is 14.3. The second-order valence-electron chi connectivity index (χ2n) is 5.15. The molecule has 1 unspecified atom stereocenters. The van der Waals surface area contributed by atoms with Gasteiger partial charge in [0.25, 0.3) is 0 Å². The highest BCUT2D eigenvalue weighted by Crippen LogP contribution is 2.26. The molecule has 0 aromatic rings. The van der Waals surface area contributed by atoms with Crippen LogP contribution in [0.3, 0.4) is 0 Å². The van der Waals surface area contributed by atoms with Crippen LogP contribution in [0.5, 0.6) is 0 Å². The summed E-state index contributed by atoms with van der Waals surface area (Å²) >= 11 is 0. The number of aliphatic carboxylic acids is 1. The molecule has 110 valence electrons. The summed E-state index contributed by atoms with van der Waals surface area (Å²) in [4.78, 5) is 24.5. The Morgan fingerprint density at radius 3 is 2.63 bits per heavy atom. The Balaban J connectivity index is 2.34. The zero-order valence-electron chi connectivity index (χ0n) is 11.7. The van der Waals surface area contributed by atoms with E-state index in [0.29, 0.717) is 31.9 Å². The van der Waals surface area contributed by atoms with Gasteiger partial charge >= 0.3 is 12.0 Å². The molecule has 1 aliphatic carbocycles. The van der Waals surface area contributed by atoms with E-state index in [0.717, 1.165) is 12.8 Å². The molecular formula is C13H24N2O4. The van der Waals surface area contributed by atoms with Gasteiger partial charge in [-0.3, -0.25) is 0 Å². The molecule has 1 rings (SSSR count). The van der Waals surface area contributed by atoms with Gasteiger partial charge in [-0.1, -0.05) is 6.42 Å². The maximum atomic E-state index is 11.9. The van der Waals surface area contributed by atoms with Gasteiger partial charge < -0.3 is 20.1 Å². The van der Waals surface area contributed by atoms with E-state index in [1.807, 2.05) is 0 Å². The molecule has 2 amide bonds. The van der Waals surface area contributed by atoms with E-state index < -0.39 is 12.0 Å².